The largest absolute Gasteiger partial charge is 0.433 e. The Hall–Kier alpha value is -2.09. The zero-order valence-electron chi connectivity index (χ0n) is 19.0. The lowest BCUT2D eigenvalue weighted by molar-refractivity contribution is -0.0495. The summed E-state index contributed by atoms with van der Waals surface area (Å²) in [6.45, 7) is 7.65. The van der Waals surface area contributed by atoms with Crippen molar-refractivity contribution in [2.75, 3.05) is 51.2 Å². The van der Waals surface area contributed by atoms with E-state index in [1.54, 1.807) is 19.2 Å². The van der Waals surface area contributed by atoms with Crippen LogP contribution in [0.25, 0.3) is 0 Å². The van der Waals surface area contributed by atoms with Crippen molar-refractivity contribution in [1.82, 2.24) is 15.5 Å². The van der Waals surface area contributed by atoms with E-state index in [9.17, 15) is 8.78 Å². The van der Waals surface area contributed by atoms with Crippen LogP contribution in [0.4, 0.5) is 14.5 Å². The predicted octanol–water partition coefficient (Wildman–Crippen LogP) is 3.40. The van der Waals surface area contributed by atoms with E-state index in [1.807, 2.05) is 12.1 Å². The summed E-state index contributed by atoms with van der Waals surface area (Å²) < 4.78 is 30.2. The van der Waals surface area contributed by atoms with E-state index in [-0.39, 0.29) is 11.8 Å². The standard InChI is InChI=1S/C23H37F2N5O/c1-17(2)14-29-11-6-7-18(15-29)13-27-23(26-3)28-19-10-12-30(16-19)20-8-4-5-9-21(20)31-22(24)25/h4-5,8-9,17-19,22H,6-7,10-16H2,1-3H3,(H2,26,27,28). The Kier molecular flexibility index (Phi) is 8.75. The minimum Gasteiger partial charge on any atom is -0.433 e. The Balaban J connectivity index is 1.48. The first-order valence-corrected chi connectivity index (χ1v) is 11.4. The molecule has 0 aromatic heterocycles. The maximum Gasteiger partial charge on any atom is 0.387 e. The topological polar surface area (TPSA) is 52.1 Å². The number of guanidine groups is 1. The average Bonchev–Trinajstić information content (AvgIpc) is 3.19. The highest BCUT2D eigenvalue weighted by molar-refractivity contribution is 5.80. The number of hydrogen-bond donors (Lipinski definition) is 2. The molecule has 31 heavy (non-hydrogen) atoms. The van der Waals surface area contributed by atoms with Crippen molar-refractivity contribution in [2.24, 2.45) is 16.8 Å². The maximum absolute atomic E-state index is 12.7. The molecule has 174 valence electrons. The number of halogens is 2. The molecule has 6 nitrogen and oxygen atoms in total. The lowest BCUT2D eigenvalue weighted by Gasteiger charge is -2.34. The van der Waals surface area contributed by atoms with E-state index in [4.69, 9.17) is 4.74 Å². The molecular weight excluding hydrogens is 400 g/mol. The van der Waals surface area contributed by atoms with Gasteiger partial charge in [0.2, 0.25) is 0 Å². The molecule has 8 heteroatoms. The van der Waals surface area contributed by atoms with Crippen molar-refractivity contribution in [3.8, 4) is 5.75 Å². The number of piperidine rings is 1. The number of benzene rings is 1. The summed E-state index contributed by atoms with van der Waals surface area (Å²) in [5, 5.41) is 7.01. The van der Waals surface area contributed by atoms with Gasteiger partial charge in [-0.1, -0.05) is 26.0 Å². The maximum atomic E-state index is 12.7. The molecule has 2 atom stereocenters. The fourth-order valence-electron chi connectivity index (χ4n) is 4.64. The quantitative estimate of drug-likeness (QED) is 0.482. The number of hydrogen-bond acceptors (Lipinski definition) is 4. The summed E-state index contributed by atoms with van der Waals surface area (Å²) in [6.07, 6.45) is 3.41. The lowest BCUT2D eigenvalue weighted by Crippen LogP contribution is -2.48. The summed E-state index contributed by atoms with van der Waals surface area (Å²) in [5.41, 5.74) is 0.711. The van der Waals surface area contributed by atoms with Crippen molar-refractivity contribution in [1.29, 1.82) is 0 Å². The average molecular weight is 438 g/mol. The van der Waals surface area contributed by atoms with E-state index in [2.05, 4.69) is 39.3 Å². The normalized spacial score (nSPS) is 22.9. The van der Waals surface area contributed by atoms with Gasteiger partial charge in [0, 0.05) is 45.8 Å². The Morgan fingerprint density at radius 2 is 2.00 bits per heavy atom. The fraction of sp³-hybridized carbons (Fsp3) is 0.696. The van der Waals surface area contributed by atoms with E-state index >= 15 is 0 Å². The monoisotopic (exact) mass is 437 g/mol. The van der Waals surface area contributed by atoms with Gasteiger partial charge in [-0.2, -0.15) is 8.78 Å². The Bertz CT molecular complexity index is 715. The van der Waals surface area contributed by atoms with Gasteiger partial charge in [0.05, 0.1) is 5.69 Å². The zero-order valence-corrected chi connectivity index (χ0v) is 19.0. The Morgan fingerprint density at radius 3 is 2.74 bits per heavy atom. The number of nitrogens with zero attached hydrogens (tertiary/aromatic N) is 3. The molecule has 1 aromatic carbocycles. The molecule has 1 aromatic rings. The minimum absolute atomic E-state index is 0.203. The third-order valence-corrected chi connectivity index (χ3v) is 5.96. The van der Waals surface area contributed by atoms with Crippen LogP contribution in [0.5, 0.6) is 5.75 Å². The van der Waals surface area contributed by atoms with Gasteiger partial charge in [-0.25, -0.2) is 0 Å². The molecule has 0 saturated carbocycles. The molecule has 2 N–H and O–H groups in total. The molecule has 0 amide bonds. The number of anilines is 1. The van der Waals surface area contributed by atoms with Gasteiger partial charge in [0.1, 0.15) is 5.75 Å². The first-order chi connectivity index (χ1) is 14.9. The molecule has 2 heterocycles. The first kappa shape index (κ1) is 23.6. The highest BCUT2D eigenvalue weighted by atomic mass is 19.3. The van der Waals surface area contributed by atoms with Gasteiger partial charge in [0.25, 0.3) is 0 Å². The zero-order chi connectivity index (χ0) is 22.2. The van der Waals surface area contributed by atoms with E-state index in [1.165, 1.54) is 19.4 Å². The Labute approximate surface area is 185 Å². The molecule has 0 aliphatic carbocycles. The molecule has 2 aliphatic heterocycles. The number of para-hydroxylation sites is 2. The van der Waals surface area contributed by atoms with Crippen molar-refractivity contribution >= 4 is 11.6 Å². The molecule has 0 radical (unpaired) electrons. The fourth-order valence-corrected chi connectivity index (χ4v) is 4.64. The number of rotatable bonds is 8. The summed E-state index contributed by atoms with van der Waals surface area (Å²) in [5.74, 6) is 2.36. The van der Waals surface area contributed by atoms with Gasteiger partial charge in [-0.05, 0) is 49.8 Å². The van der Waals surface area contributed by atoms with Crippen molar-refractivity contribution in [2.45, 2.75) is 45.8 Å². The second-order valence-electron chi connectivity index (χ2n) is 9.04. The molecule has 3 rings (SSSR count). The second-order valence-corrected chi connectivity index (χ2v) is 9.04. The summed E-state index contributed by atoms with van der Waals surface area (Å²) in [4.78, 5) is 9.06. The van der Waals surface area contributed by atoms with Gasteiger partial charge >= 0.3 is 6.61 Å². The highest BCUT2D eigenvalue weighted by Gasteiger charge is 2.26. The molecule has 0 bridgehead atoms. The van der Waals surface area contributed by atoms with E-state index in [0.717, 1.165) is 45.1 Å². The second kappa shape index (κ2) is 11.5. The van der Waals surface area contributed by atoms with Crippen LogP contribution in [0.3, 0.4) is 0 Å². The van der Waals surface area contributed by atoms with Crippen LogP contribution in [0, 0.1) is 11.8 Å². The van der Waals surface area contributed by atoms with Crippen LogP contribution >= 0.6 is 0 Å². The number of likely N-dealkylation sites (tertiary alicyclic amines) is 1. The first-order valence-electron chi connectivity index (χ1n) is 11.4. The van der Waals surface area contributed by atoms with Gasteiger partial charge in [-0.3, -0.25) is 4.99 Å². The van der Waals surface area contributed by atoms with E-state index in [0.29, 0.717) is 17.5 Å². The summed E-state index contributed by atoms with van der Waals surface area (Å²) in [7, 11) is 1.79. The number of aliphatic imine (C=N–C) groups is 1. The third kappa shape index (κ3) is 7.23. The molecule has 2 unspecified atom stereocenters. The summed E-state index contributed by atoms with van der Waals surface area (Å²) in [6, 6.07) is 7.19. The van der Waals surface area contributed by atoms with Gasteiger partial charge in [-0.15, -0.1) is 0 Å². The van der Waals surface area contributed by atoms with Gasteiger partial charge < -0.3 is 25.2 Å². The molecule has 2 aliphatic rings. The number of alkyl halides is 2. The van der Waals surface area contributed by atoms with Crippen molar-refractivity contribution in [3.05, 3.63) is 24.3 Å². The number of nitrogens with one attached hydrogen (secondary N) is 2. The van der Waals surface area contributed by atoms with Crippen LogP contribution in [0.1, 0.15) is 33.1 Å². The minimum atomic E-state index is -2.82. The van der Waals surface area contributed by atoms with Crippen LogP contribution in [-0.4, -0.2) is 69.8 Å². The Morgan fingerprint density at radius 1 is 1.19 bits per heavy atom. The van der Waals surface area contributed by atoms with Crippen LogP contribution in [0.2, 0.25) is 0 Å². The molecule has 0 spiro atoms. The summed E-state index contributed by atoms with van der Waals surface area (Å²) >= 11 is 0. The van der Waals surface area contributed by atoms with Crippen LogP contribution in [-0.2, 0) is 0 Å². The van der Waals surface area contributed by atoms with Crippen molar-refractivity contribution in [3.63, 3.8) is 0 Å². The predicted molar refractivity (Wildman–Crippen MR) is 122 cm³/mol. The molecular formula is C23H37F2N5O. The van der Waals surface area contributed by atoms with Crippen molar-refractivity contribution < 1.29 is 13.5 Å². The molecule has 2 saturated heterocycles. The van der Waals surface area contributed by atoms with Gasteiger partial charge in [0.15, 0.2) is 5.96 Å². The smallest absolute Gasteiger partial charge is 0.387 e. The van der Waals surface area contributed by atoms with Crippen LogP contribution in [0.15, 0.2) is 29.3 Å². The SMILES string of the molecule is CN=C(NCC1CCCN(CC(C)C)C1)NC1CCN(c2ccccc2OC(F)F)C1. The molecule has 2 fully saturated rings. The van der Waals surface area contributed by atoms with E-state index < -0.39 is 6.61 Å². The van der Waals surface area contributed by atoms with Crippen LogP contribution < -0.4 is 20.3 Å². The highest BCUT2D eigenvalue weighted by Crippen LogP contribution is 2.31. The lowest BCUT2D eigenvalue weighted by atomic mass is 9.97. The number of ether oxygens (including phenoxy) is 1. The third-order valence-electron chi connectivity index (χ3n) is 5.96.